The maximum absolute atomic E-state index is 13.1. The number of carbonyl (C=O) groups excluding carboxylic acids is 1. The zero-order valence-electron chi connectivity index (χ0n) is 12.1. The van der Waals surface area contributed by atoms with Crippen LogP contribution < -0.4 is 10.9 Å². The molecule has 2 N–H and O–H groups in total. The summed E-state index contributed by atoms with van der Waals surface area (Å²) < 4.78 is 26.2. The van der Waals surface area contributed by atoms with E-state index in [2.05, 4.69) is 15.3 Å². The molecule has 0 aliphatic carbocycles. The Kier molecular flexibility index (Phi) is 4.26. The number of benzene rings is 2. The van der Waals surface area contributed by atoms with E-state index in [0.29, 0.717) is 5.56 Å². The second kappa shape index (κ2) is 6.37. The van der Waals surface area contributed by atoms with Gasteiger partial charge in [-0.15, -0.1) is 0 Å². The van der Waals surface area contributed by atoms with Gasteiger partial charge in [-0.1, -0.05) is 17.7 Å². The van der Waals surface area contributed by atoms with Gasteiger partial charge in [0.05, 0.1) is 15.9 Å². The van der Waals surface area contributed by atoms with E-state index in [1.807, 2.05) is 0 Å². The standard InChI is InChI=1S/C16H10ClF2N3O2/c17-11-5-8(1-3-12(11)19)7-20-16(24)14-21-13-4-2-9(18)6-10(13)15(23)22-14/h1-6H,7H2,(H,20,24)(H,21,22,23). The second-order valence-corrected chi connectivity index (χ2v) is 5.41. The first-order valence-electron chi connectivity index (χ1n) is 6.86. The SMILES string of the molecule is O=C(NCc1ccc(F)c(Cl)c1)c1nc2ccc(F)cc2c(=O)[nH]1. The Morgan fingerprint density at radius 2 is 2.00 bits per heavy atom. The van der Waals surface area contributed by atoms with E-state index >= 15 is 0 Å². The van der Waals surface area contributed by atoms with Crippen molar-refractivity contribution >= 4 is 28.4 Å². The molecule has 0 aliphatic heterocycles. The molecular formula is C16H10ClF2N3O2. The van der Waals surface area contributed by atoms with Crippen LogP contribution in [0.3, 0.4) is 0 Å². The second-order valence-electron chi connectivity index (χ2n) is 5.01. The summed E-state index contributed by atoms with van der Waals surface area (Å²) in [6, 6.07) is 7.56. The lowest BCUT2D eigenvalue weighted by Gasteiger charge is -2.06. The summed E-state index contributed by atoms with van der Waals surface area (Å²) in [5.74, 6) is -1.95. The van der Waals surface area contributed by atoms with Crippen molar-refractivity contribution in [1.29, 1.82) is 0 Å². The summed E-state index contributed by atoms with van der Waals surface area (Å²) in [5.41, 5.74) is 0.171. The molecule has 3 aromatic rings. The van der Waals surface area contributed by atoms with Crippen LogP contribution in [-0.2, 0) is 6.54 Å². The lowest BCUT2D eigenvalue weighted by atomic mass is 10.2. The molecule has 122 valence electrons. The summed E-state index contributed by atoms with van der Waals surface area (Å²) in [5, 5.41) is 2.54. The Balaban J connectivity index is 1.82. The van der Waals surface area contributed by atoms with Crippen molar-refractivity contribution in [2.75, 3.05) is 0 Å². The predicted octanol–water partition coefficient (Wildman–Crippen LogP) is 2.78. The van der Waals surface area contributed by atoms with Crippen molar-refractivity contribution in [2.24, 2.45) is 0 Å². The van der Waals surface area contributed by atoms with Crippen molar-refractivity contribution in [3.05, 3.63) is 74.8 Å². The molecule has 0 radical (unpaired) electrons. The zero-order chi connectivity index (χ0) is 17.3. The van der Waals surface area contributed by atoms with Crippen LogP contribution in [0.15, 0.2) is 41.2 Å². The minimum atomic E-state index is -0.626. The number of hydrogen-bond acceptors (Lipinski definition) is 3. The number of H-pyrrole nitrogens is 1. The van der Waals surface area contributed by atoms with Gasteiger partial charge in [0.2, 0.25) is 0 Å². The Bertz CT molecular complexity index is 1000. The Labute approximate surface area is 139 Å². The van der Waals surface area contributed by atoms with Crippen LogP contribution in [0.25, 0.3) is 10.9 Å². The first kappa shape index (κ1) is 16.1. The fourth-order valence-corrected chi connectivity index (χ4v) is 2.34. The highest BCUT2D eigenvalue weighted by Gasteiger charge is 2.12. The van der Waals surface area contributed by atoms with E-state index in [9.17, 15) is 18.4 Å². The lowest BCUT2D eigenvalue weighted by Crippen LogP contribution is -2.27. The lowest BCUT2D eigenvalue weighted by molar-refractivity contribution is 0.0940. The summed E-state index contributed by atoms with van der Waals surface area (Å²) in [6.45, 7) is 0.0734. The predicted molar refractivity (Wildman–Crippen MR) is 84.9 cm³/mol. The van der Waals surface area contributed by atoms with Crippen molar-refractivity contribution in [3.8, 4) is 0 Å². The normalized spacial score (nSPS) is 10.8. The number of aromatic nitrogens is 2. The first-order chi connectivity index (χ1) is 11.4. The van der Waals surface area contributed by atoms with Gasteiger partial charge in [0.1, 0.15) is 11.6 Å². The van der Waals surface area contributed by atoms with Gasteiger partial charge in [-0.05, 0) is 35.9 Å². The highest BCUT2D eigenvalue weighted by molar-refractivity contribution is 6.30. The van der Waals surface area contributed by atoms with Gasteiger partial charge in [0, 0.05) is 6.54 Å². The molecule has 0 atom stereocenters. The molecule has 0 bridgehead atoms. The number of hydrogen-bond donors (Lipinski definition) is 2. The van der Waals surface area contributed by atoms with Crippen LogP contribution in [0.2, 0.25) is 5.02 Å². The van der Waals surface area contributed by atoms with Crippen molar-refractivity contribution < 1.29 is 13.6 Å². The molecular weight excluding hydrogens is 340 g/mol. The molecule has 0 unspecified atom stereocenters. The third-order valence-electron chi connectivity index (χ3n) is 3.32. The third kappa shape index (κ3) is 3.26. The maximum Gasteiger partial charge on any atom is 0.287 e. The molecule has 1 aromatic heterocycles. The molecule has 0 aliphatic rings. The van der Waals surface area contributed by atoms with Crippen LogP contribution in [0.1, 0.15) is 16.2 Å². The van der Waals surface area contributed by atoms with E-state index in [1.54, 1.807) is 0 Å². The van der Waals surface area contributed by atoms with Gasteiger partial charge in [-0.25, -0.2) is 13.8 Å². The minimum Gasteiger partial charge on any atom is -0.345 e. The fourth-order valence-electron chi connectivity index (χ4n) is 2.13. The molecule has 2 aromatic carbocycles. The molecule has 0 fully saturated rings. The van der Waals surface area contributed by atoms with E-state index in [0.717, 1.165) is 12.1 Å². The molecule has 3 rings (SSSR count). The van der Waals surface area contributed by atoms with E-state index in [-0.39, 0.29) is 28.3 Å². The summed E-state index contributed by atoms with van der Waals surface area (Å²) >= 11 is 5.67. The summed E-state index contributed by atoms with van der Waals surface area (Å²) in [6.07, 6.45) is 0. The highest BCUT2D eigenvalue weighted by atomic mass is 35.5. The molecule has 0 spiro atoms. The molecule has 0 saturated carbocycles. The number of nitrogens with one attached hydrogen (secondary N) is 2. The smallest absolute Gasteiger partial charge is 0.287 e. The summed E-state index contributed by atoms with van der Waals surface area (Å²) in [7, 11) is 0. The maximum atomic E-state index is 13.1. The van der Waals surface area contributed by atoms with Gasteiger partial charge < -0.3 is 10.3 Å². The molecule has 0 saturated heterocycles. The van der Waals surface area contributed by atoms with Crippen LogP contribution in [0.4, 0.5) is 8.78 Å². The van der Waals surface area contributed by atoms with Crippen molar-refractivity contribution in [2.45, 2.75) is 6.54 Å². The molecule has 8 heteroatoms. The largest absolute Gasteiger partial charge is 0.345 e. The highest BCUT2D eigenvalue weighted by Crippen LogP contribution is 2.16. The Morgan fingerprint density at radius 3 is 2.75 bits per heavy atom. The third-order valence-corrected chi connectivity index (χ3v) is 3.61. The number of rotatable bonds is 3. The molecule has 5 nitrogen and oxygen atoms in total. The Morgan fingerprint density at radius 1 is 1.21 bits per heavy atom. The van der Waals surface area contributed by atoms with Gasteiger partial charge in [0.25, 0.3) is 11.5 Å². The van der Waals surface area contributed by atoms with Crippen LogP contribution in [0.5, 0.6) is 0 Å². The van der Waals surface area contributed by atoms with Gasteiger partial charge in [0.15, 0.2) is 5.82 Å². The molecule has 1 amide bonds. The zero-order valence-corrected chi connectivity index (χ0v) is 12.8. The van der Waals surface area contributed by atoms with Crippen LogP contribution >= 0.6 is 11.6 Å². The molecule has 24 heavy (non-hydrogen) atoms. The fraction of sp³-hybridized carbons (Fsp3) is 0.0625. The van der Waals surface area contributed by atoms with E-state index < -0.39 is 23.1 Å². The summed E-state index contributed by atoms with van der Waals surface area (Å²) in [4.78, 5) is 30.3. The number of aromatic amines is 1. The van der Waals surface area contributed by atoms with Gasteiger partial charge in [-0.2, -0.15) is 0 Å². The average Bonchev–Trinajstić information content (AvgIpc) is 2.56. The van der Waals surface area contributed by atoms with E-state index in [1.165, 1.54) is 24.3 Å². The number of nitrogens with zero attached hydrogens (tertiary/aromatic N) is 1. The molecule has 1 heterocycles. The number of amides is 1. The minimum absolute atomic E-state index is 0.0527. The Hall–Kier alpha value is -2.80. The van der Waals surface area contributed by atoms with Gasteiger partial charge >= 0.3 is 0 Å². The average molecular weight is 350 g/mol. The van der Waals surface area contributed by atoms with Crippen molar-refractivity contribution in [1.82, 2.24) is 15.3 Å². The topological polar surface area (TPSA) is 74.8 Å². The van der Waals surface area contributed by atoms with Crippen LogP contribution in [-0.4, -0.2) is 15.9 Å². The first-order valence-corrected chi connectivity index (χ1v) is 7.23. The number of fused-ring (bicyclic) bond motifs is 1. The van der Waals surface area contributed by atoms with E-state index in [4.69, 9.17) is 11.6 Å². The number of carbonyl (C=O) groups is 1. The van der Waals surface area contributed by atoms with Crippen molar-refractivity contribution in [3.63, 3.8) is 0 Å². The number of halogens is 3. The van der Waals surface area contributed by atoms with Crippen LogP contribution in [0, 0.1) is 11.6 Å². The van der Waals surface area contributed by atoms with Gasteiger partial charge in [-0.3, -0.25) is 9.59 Å². The quantitative estimate of drug-likeness (QED) is 0.763. The monoisotopic (exact) mass is 349 g/mol.